The highest BCUT2D eigenvalue weighted by Crippen LogP contribution is 2.19. The molecule has 20 heavy (non-hydrogen) atoms. The zero-order valence-corrected chi connectivity index (χ0v) is 11.5. The molecule has 0 aliphatic rings. The number of nitrogens with zero attached hydrogens (tertiary/aromatic N) is 1. The van der Waals surface area contributed by atoms with Gasteiger partial charge >= 0.3 is 0 Å². The lowest BCUT2D eigenvalue weighted by Crippen LogP contribution is -2.15. The van der Waals surface area contributed by atoms with E-state index in [0.29, 0.717) is 16.8 Å². The van der Waals surface area contributed by atoms with E-state index in [4.69, 9.17) is 5.14 Å². The number of pyridine rings is 1. The van der Waals surface area contributed by atoms with E-state index in [1.807, 2.05) is 0 Å². The Bertz CT molecular complexity index is 743. The van der Waals surface area contributed by atoms with E-state index in [1.165, 1.54) is 24.5 Å². The molecule has 6 nitrogen and oxygen atoms in total. The molecule has 1 amide bonds. The van der Waals surface area contributed by atoms with Gasteiger partial charge < -0.3 is 5.32 Å². The average molecular weight is 291 g/mol. The third-order valence-electron chi connectivity index (χ3n) is 2.68. The lowest BCUT2D eigenvalue weighted by Gasteiger charge is -2.08. The van der Waals surface area contributed by atoms with E-state index in [9.17, 15) is 13.2 Å². The highest BCUT2D eigenvalue weighted by molar-refractivity contribution is 7.89. The fraction of sp³-hybridized carbons (Fsp3) is 0.0769. The lowest BCUT2D eigenvalue weighted by atomic mass is 10.2. The van der Waals surface area contributed by atoms with Crippen LogP contribution in [0.4, 0.5) is 5.69 Å². The molecule has 0 aliphatic heterocycles. The molecule has 0 saturated heterocycles. The van der Waals surface area contributed by atoms with Crippen molar-refractivity contribution in [3.63, 3.8) is 0 Å². The Labute approximate surface area is 116 Å². The van der Waals surface area contributed by atoms with E-state index >= 15 is 0 Å². The summed E-state index contributed by atoms with van der Waals surface area (Å²) in [4.78, 5) is 15.8. The molecule has 0 bridgehead atoms. The number of carbonyl (C=O) groups excluding carboxylic acids is 1. The summed E-state index contributed by atoms with van der Waals surface area (Å²) in [6.07, 6.45) is 3.04. The van der Waals surface area contributed by atoms with E-state index in [-0.39, 0.29) is 10.8 Å². The second-order valence-electron chi connectivity index (χ2n) is 4.22. The molecule has 0 atom stereocenters. The van der Waals surface area contributed by atoms with Gasteiger partial charge in [-0.3, -0.25) is 9.78 Å². The zero-order chi connectivity index (χ0) is 14.8. The number of nitrogens with one attached hydrogen (secondary N) is 1. The molecule has 104 valence electrons. The quantitative estimate of drug-likeness (QED) is 0.889. The van der Waals surface area contributed by atoms with Crippen molar-refractivity contribution in [2.24, 2.45) is 5.14 Å². The smallest absolute Gasteiger partial charge is 0.255 e. The molecule has 1 heterocycles. The van der Waals surface area contributed by atoms with Crippen molar-refractivity contribution < 1.29 is 13.2 Å². The SMILES string of the molecule is Cc1cc(NC(=O)c2ccncc2)ccc1S(N)(=O)=O. The highest BCUT2D eigenvalue weighted by atomic mass is 32.2. The number of aromatic nitrogens is 1. The van der Waals surface area contributed by atoms with Crippen LogP contribution in [0.2, 0.25) is 0 Å². The van der Waals surface area contributed by atoms with Crippen LogP contribution >= 0.6 is 0 Å². The molecule has 1 aromatic carbocycles. The highest BCUT2D eigenvalue weighted by Gasteiger charge is 2.12. The maximum atomic E-state index is 11.9. The number of sulfonamides is 1. The number of anilines is 1. The summed E-state index contributed by atoms with van der Waals surface area (Å²) in [5.41, 5.74) is 1.44. The minimum Gasteiger partial charge on any atom is -0.322 e. The summed E-state index contributed by atoms with van der Waals surface area (Å²) in [5.74, 6) is -0.296. The van der Waals surface area contributed by atoms with Crippen molar-refractivity contribution in [1.82, 2.24) is 4.98 Å². The second kappa shape index (κ2) is 5.40. The fourth-order valence-electron chi connectivity index (χ4n) is 1.75. The molecule has 7 heteroatoms. The van der Waals surface area contributed by atoms with Crippen LogP contribution in [0.1, 0.15) is 15.9 Å². The molecule has 0 unspecified atom stereocenters. The summed E-state index contributed by atoms with van der Waals surface area (Å²) < 4.78 is 22.6. The Balaban J connectivity index is 2.24. The molecular formula is C13H13N3O3S. The number of rotatable bonds is 3. The van der Waals surface area contributed by atoms with Gasteiger partial charge in [0.15, 0.2) is 0 Å². The van der Waals surface area contributed by atoms with Gasteiger partial charge in [0.05, 0.1) is 4.90 Å². The van der Waals surface area contributed by atoms with Crippen molar-refractivity contribution in [3.05, 3.63) is 53.9 Å². The van der Waals surface area contributed by atoms with Crippen LogP contribution in [0.15, 0.2) is 47.6 Å². The van der Waals surface area contributed by atoms with Crippen molar-refractivity contribution in [1.29, 1.82) is 0 Å². The van der Waals surface area contributed by atoms with Crippen molar-refractivity contribution >= 4 is 21.6 Å². The van der Waals surface area contributed by atoms with Crippen LogP contribution in [0, 0.1) is 6.92 Å². The third kappa shape index (κ3) is 3.19. The molecule has 0 fully saturated rings. The van der Waals surface area contributed by atoms with Crippen LogP contribution in [-0.4, -0.2) is 19.3 Å². The lowest BCUT2D eigenvalue weighted by molar-refractivity contribution is 0.102. The maximum absolute atomic E-state index is 11.9. The first-order chi connectivity index (χ1) is 9.38. The summed E-state index contributed by atoms with van der Waals surface area (Å²) >= 11 is 0. The molecule has 2 rings (SSSR count). The van der Waals surface area contributed by atoms with Gasteiger partial charge in [-0.05, 0) is 42.8 Å². The predicted octanol–water partition coefficient (Wildman–Crippen LogP) is 1.29. The van der Waals surface area contributed by atoms with Gasteiger partial charge in [-0.1, -0.05) is 0 Å². The second-order valence-corrected chi connectivity index (χ2v) is 5.75. The first kappa shape index (κ1) is 14.2. The van der Waals surface area contributed by atoms with Crippen LogP contribution in [0.25, 0.3) is 0 Å². The third-order valence-corrected chi connectivity index (χ3v) is 3.75. The Hall–Kier alpha value is -2.25. The maximum Gasteiger partial charge on any atom is 0.255 e. The number of carbonyl (C=O) groups is 1. The van der Waals surface area contributed by atoms with Crippen molar-refractivity contribution in [2.75, 3.05) is 5.32 Å². The normalized spacial score (nSPS) is 11.1. The molecule has 0 spiro atoms. The largest absolute Gasteiger partial charge is 0.322 e. The zero-order valence-electron chi connectivity index (χ0n) is 10.7. The van der Waals surface area contributed by atoms with Crippen LogP contribution in [-0.2, 0) is 10.0 Å². The number of benzene rings is 1. The molecule has 1 aromatic heterocycles. The number of primary sulfonamides is 1. The first-order valence-corrected chi connectivity index (χ1v) is 7.27. The van der Waals surface area contributed by atoms with E-state index in [0.717, 1.165) is 0 Å². The topological polar surface area (TPSA) is 102 Å². The van der Waals surface area contributed by atoms with E-state index in [2.05, 4.69) is 10.3 Å². The molecule has 2 aromatic rings. The van der Waals surface area contributed by atoms with Gasteiger partial charge in [0.1, 0.15) is 0 Å². The van der Waals surface area contributed by atoms with Crippen LogP contribution < -0.4 is 10.5 Å². The number of nitrogens with two attached hydrogens (primary N) is 1. The Kier molecular flexibility index (Phi) is 3.82. The fourth-order valence-corrected chi connectivity index (χ4v) is 2.52. The van der Waals surface area contributed by atoms with E-state index < -0.39 is 10.0 Å². The minimum absolute atomic E-state index is 0.0411. The van der Waals surface area contributed by atoms with Gasteiger partial charge in [-0.2, -0.15) is 0 Å². The summed E-state index contributed by atoms with van der Waals surface area (Å²) in [6, 6.07) is 7.58. The molecule has 0 radical (unpaired) electrons. The van der Waals surface area contributed by atoms with Gasteiger partial charge in [0.25, 0.3) is 5.91 Å². The number of amides is 1. The average Bonchev–Trinajstić information content (AvgIpc) is 2.38. The predicted molar refractivity (Wildman–Crippen MR) is 74.7 cm³/mol. The molecule has 0 saturated carbocycles. The van der Waals surface area contributed by atoms with E-state index in [1.54, 1.807) is 25.1 Å². The summed E-state index contributed by atoms with van der Waals surface area (Å²) in [6.45, 7) is 1.61. The summed E-state index contributed by atoms with van der Waals surface area (Å²) in [5, 5.41) is 7.75. The van der Waals surface area contributed by atoms with Crippen molar-refractivity contribution in [3.8, 4) is 0 Å². The number of aryl methyl sites for hydroxylation is 1. The van der Waals surface area contributed by atoms with Crippen molar-refractivity contribution in [2.45, 2.75) is 11.8 Å². The number of hydrogen-bond acceptors (Lipinski definition) is 4. The Morgan fingerprint density at radius 3 is 2.40 bits per heavy atom. The van der Waals surface area contributed by atoms with Crippen LogP contribution in [0.5, 0.6) is 0 Å². The van der Waals surface area contributed by atoms with Crippen LogP contribution in [0.3, 0.4) is 0 Å². The standard InChI is InChI=1S/C13H13N3O3S/c1-9-8-11(2-3-12(9)20(14,18)19)16-13(17)10-4-6-15-7-5-10/h2-8H,1H3,(H,16,17)(H2,14,18,19). The monoisotopic (exact) mass is 291 g/mol. The molecule has 0 aliphatic carbocycles. The molecular weight excluding hydrogens is 278 g/mol. The van der Waals surface area contributed by atoms with Gasteiger partial charge in [0, 0.05) is 23.6 Å². The van der Waals surface area contributed by atoms with Gasteiger partial charge in [0.2, 0.25) is 10.0 Å². The number of hydrogen-bond donors (Lipinski definition) is 2. The Morgan fingerprint density at radius 1 is 1.20 bits per heavy atom. The molecule has 3 N–H and O–H groups in total. The Morgan fingerprint density at radius 2 is 1.85 bits per heavy atom. The summed E-state index contributed by atoms with van der Waals surface area (Å²) in [7, 11) is -3.75. The minimum atomic E-state index is -3.75. The van der Waals surface area contributed by atoms with Gasteiger partial charge in [-0.25, -0.2) is 13.6 Å². The van der Waals surface area contributed by atoms with Gasteiger partial charge in [-0.15, -0.1) is 0 Å². The first-order valence-electron chi connectivity index (χ1n) is 5.73.